The van der Waals surface area contributed by atoms with E-state index in [9.17, 15) is 18.4 Å². The van der Waals surface area contributed by atoms with Crippen LogP contribution in [0.2, 0.25) is 0 Å². The normalized spacial score (nSPS) is 19.2. The summed E-state index contributed by atoms with van der Waals surface area (Å²) in [5.41, 5.74) is 9.27. The summed E-state index contributed by atoms with van der Waals surface area (Å²) in [6, 6.07) is 4.17. The molecule has 2 unspecified atom stereocenters. The first-order chi connectivity index (χ1) is 13.8. The number of primary amides is 1. The van der Waals surface area contributed by atoms with E-state index in [1.165, 1.54) is 6.07 Å². The van der Waals surface area contributed by atoms with Crippen LogP contribution in [0.5, 0.6) is 5.88 Å². The molecule has 2 aromatic rings. The molecule has 8 nitrogen and oxygen atoms in total. The van der Waals surface area contributed by atoms with E-state index in [1.54, 1.807) is 24.3 Å². The quantitative estimate of drug-likeness (QED) is 0.671. The van der Waals surface area contributed by atoms with Crippen molar-refractivity contribution in [3.8, 4) is 5.88 Å². The minimum atomic E-state index is -0.840. The Hall–Kier alpha value is -3.11. The van der Waals surface area contributed by atoms with Crippen LogP contribution in [0, 0.1) is 18.6 Å². The number of hydrogen-bond acceptors (Lipinski definition) is 6. The maximum Gasteiger partial charge on any atom is 0.255 e. The molecule has 29 heavy (non-hydrogen) atoms. The molecule has 0 saturated carbocycles. The van der Waals surface area contributed by atoms with E-state index in [0.717, 1.165) is 23.3 Å². The predicted molar refractivity (Wildman–Crippen MR) is 101 cm³/mol. The monoisotopic (exact) mass is 405 g/mol. The molecule has 1 aromatic heterocycles. The number of nitrogens with zero attached hydrogens (tertiary/aromatic N) is 2. The number of ether oxygens (including phenoxy) is 1. The summed E-state index contributed by atoms with van der Waals surface area (Å²) in [5.74, 6) is -2.56. The van der Waals surface area contributed by atoms with Gasteiger partial charge in [-0.05, 0) is 36.6 Å². The fourth-order valence-electron chi connectivity index (χ4n) is 3.21. The van der Waals surface area contributed by atoms with Gasteiger partial charge in [0, 0.05) is 19.3 Å². The Labute approximate surface area is 166 Å². The molecule has 1 saturated heterocycles. The van der Waals surface area contributed by atoms with Gasteiger partial charge in [0.15, 0.2) is 6.61 Å². The maximum atomic E-state index is 13.8. The SMILES string of the molecule is Cc1cc(OCC(N)=O)ncc1C1CC(C(=O)Nc2c(F)cccc2F)NN1C. The third kappa shape index (κ3) is 4.66. The van der Waals surface area contributed by atoms with Crippen molar-refractivity contribution in [1.29, 1.82) is 0 Å². The third-order valence-corrected chi connectivity index (χ3v) is 4.66. The zero-order valence-electron chi connectivity index (χ0n) is 15.9. The van der Waals surface area contributed by atoms with Crippen LogP contribution in [-0.4, -0.2) is 41.5 Å². The molecular formula is C19H21F2N5O3. The smallest absolute Gasteiger partial charge is 0.255 e. The lowest BCUT2D eigenvalue weighted by atomic mass is 9.99. The number of rotatable bonds is 6. The second-order valence-corrected chi connectivity index (χ2v) is 6.76. The van der Waals surface area contributed by atoms with Gasteiger partial charge in [0.2, 0.25) is 11.8 Å². The van der Waals surface area contributed by atoms with Gasteiger partial charge in [-0.2, -0.15) is 0 Å². The molecule has 2 atom stereocenters. The number of nitrogens with two attached hydrogens (primary N) is 1. The Bertz CT molecular complexity index is 920. The van der Waals surface area contributed by atoms with Crippen LogP contribution in [0.1, 0.15) is 23.6 Å². The molecule has 4 N–H and O–H groups in total. The highest BCUT2D eigenvalue weighted by Gasteiger charge is 2.36. The first-order valence-corrected chi connectivity index (χ1v) is 8.87. The first kappa shape index (κ1) is 20.6. The zero-order chi connectivity index (χ0) is 21.1. The topological polar surface area (TPSA) is 110 Å². The van der Waals surface area contributed by atoms with Gasteiger partial charge in [-0.15, -0.1) is 0 Å². The molecule has 3 rings (SSSR count). The molecule has 154 valence electrons. The number of benzene rings is 1. The van der Waals surface area contributed by atoms with Crippen LogP contribution in [-0.2, 0) is 9.59 Å². The second kappa shape index (κ2) is 8.50. The molecule has 1 aliphatic rings. The predicted octanol–water partition coefficient (Wildman–Crippen LogP) is 1.42. The van der Waals surface area contributed by atoms with Crippen molar-refractivity contribution < 1.29 is 23.1 Å². The van der Waals surface area contributed by atoms with Gasteiger partial charge in [0.25, 0.3) is 5.91 Å². The summed E-state index contributed by atoms with van der Waals surface area (Å²) in [4.78, 5) is 27.5. The first-order valence-electron chi connectivity index (χ1n) is 8.87. The molecule has 0 spiro atoms. The van der Waals surface area contributed by atoms with Crippen LogP contribution in [0.4, 0.5) is 14.5 Å². The van der Waals surface area contributed by atoms with Crippen molar-refractivity contribution in [1.82, 2.24) is 15.4 Å². The van der Waals surface area contributed by atoms with Crippen molar-refractivity contribution in [2.45, 2.75) is 25.4 Å². The third-order valence-electron chi connectivity index (χ3n) is 4.66. The van der Waals surface area contributed by atoms with Crippen LogP contribution >= 0.6 is 0 Å². The van der Waals surface area contributed by atoms with Gasteiger partial charge < -0.3 is 15.8 Å². The summed E-state index contributed by atoms with van der Waals surface area (Å²) in [7, 11) is 1.76. The van der Waals surface area contributed by atoms with E-state index in [1.807, 2.05) is 6.92 Å². The highest BCUT2D eigenvalue weighted by Crippen LogP contribution is 2.32. The Kier molecular flexibility index (Phi) is 6.04. The molecular weight excluding hydrogens is 384 g/mol. The highest BCUT2D eigenvalue weighted by molar-refractivity contribution is 5.95. The van der Waals surface area contributed by atoms with E-state index < -0.39 is 35.2 Å². The maximum absolute atomic E-state index is 13.8. The highest BCUT2D eigenvalue weighted by atomic mass is 19.1. The number of halogens is 2. The van der Waals surface area contributed by atoms with Crippen LogP contribution < -0.4 is 21.2 Å². The van der Waals surface area contributed by atoms with Crippen LogP contribution in [0.25, 0.3) is 0 Å². The summed E-state index contributed by atoms with van der Waals surface area (Å²) in [6.45, 7) is 1.58. The van der Waals surface area contributed by atoms with Crippen LogP contribution in [0.3, 0.4) is 0 Å². The fourth-order valence-corrected chi connectivity index (χ4v) is 3.21. The number of carbonyl (C=O) groups excluding carboxylic acids is 2. The molecule has 2 amide bonds. The fraction of sp³-hybridized carbons (Fsp3) is 0.316. The number of hydrogen-bond donors (Lipinski definition) is 3. The van der Waals surface area contributed by atoms with Gasteiger partial charge in [0.1, 0.15) is 23.4 Å². The lowest BCUT2D eigenvalue weighted by molar-refractivity contribution is -0.120. The molecule has 1 aliphatic heterocycles. The van der Waals surface area contributed by atoms with Gasteiger partial charge in [-0.25, -0.2) is 24.2 Å². The minimum absolute atomic E-state index is 0.200. The molecule has 1 aromatic carbocycles. The van der Waals surface area contributed by atoms with Crippen molar-refractivity contribution in [2.24, 2.45) is 5.73 Å². The van der Waals surface area contributed by atoms with Crippen molar-refractivity contribution in [3.05, 3.63) is 53.2 Å². The van der Waals surface area contributed by atoms with E-state index in [0.29, 0.717) is 6.42 Å². The summed E-state index contributed by atoms with van der Waals surface area (Å²) in [6.07, 6.45) is 1.97. The molecule has 0 radical (unpaired) electrons. The van der Waals surface area contributed by atoms with Crippen LogP contribution in [0.15, 0.2) is 30.5 Å². The van der Waals surface area contributed by atoms with Crippen molar-refractivity contribution in [3.63, 3.8) is 0 Å². The number of pyridine rings is 1. The molecule has 0 aliphatic carbocycles. The van der Waals surface area contributed by atoms with Gasteiger partial charge in [-0.1, -0.05) is 6.07 Å². The van der Waals surface area contributed by atoms with Gasteiger partial charge >= 0.3 is 0 Å². The average molecular weight is 405 g/mol. The summed E-state index contributed by atoms with van der Waals surface area (Å²) in [5, 5.41) is 4.05. The molecule has 10 heteroatoms. The number of para-hydroxylation sites is 1. The Morgan fingerprint density at radius 1 is 1.38 bits per heavy atom. The molecule has 1 fully saturated rings. The number of hydrazine groups is 1. The summed E-state index contributed by atoms with van der Waals surface area (Å²) >= 11 is 0. The second-order valence-electron chi connectivity index (χ2n) is 6.76. The number of nitrogens with one attached hydrogen (secondary N) is 2. The number of aryl methyl sites for hydroxylation is 1. The van der Waals surface area contributed by atoms with Crippen molar-refractivity contribution in [2.75, 3.05) is 19.0 Å². The lowest BCUT2D eigenvalue weighted by Crippen LogP contribution is -2.40. The minimum Gasteiger partial charge on any atom is -0.468 e. The van der Waals surface area contributed by atoms with Gasteiger partial charge in [0.05, 0.1) is 6.04 Å². The van der Waals surface area contributed by atoms with E-state index in [-0.39, 0.29) is 18.5 Å². The zero-order valence-corrected chi connectivity index (χ0v) is 15.9. The summed E-state index contributed by atoms with van der Waals surface area (Å²) < 4.78 is 32.8. The number of anilines is 1. The Morgan fingerprint density at radius 3 is 2.69 bits per heavy atom. The van der Waals surface area contributed by atoms with E-state index in [4.69, 9.17) is 10.5 Å². The average Bonchev–Trinajstić information content (AvgIpc) is 3.04. The molecule has 2 heterocycles. The Balaban J connectivity index is 1.70. The standard InChI is InChI=1S/C19H21F2N5O3/c1-10-6-17(29-9-16(22)27)23-8-11(10)15-7-14(25-26(15)2)19(28)24-18-12(20)4-3-5-13(18)21/h3-6,8,14-15,25H,7,9H2,1-2H3,(H2,22,27)(H,24,28). The Morgan fingerprint density at radius 2 is 2.07 bits per heavy atom. The van der Waals surface area contributed by atoms with E-state index in [2.05, 4.69) is 15.7 Å². The number of amides is 2. The molecule has 0 bridgehead atoms. The largest absolute Gasteiger partial charge is 0.468 e. The van der Waals surface area contributed by atoms with Gasteiger partial charge in [-0.3, -0.25) is 9.59 Å². The van der Waals surface area contributed by atoms with E-state index >= 15 is 0 Å². The van der Waals surface area contributed by atoms with Crippen molar-refractivity contribution >= 4 is 17.5 Å². The lowest BCUT2D eigenvalue weighted by Gasteiger charge is -2.21. The number of carbonyl (C=O) groups is 2. The number of aromatic nitrogens is 1.